The largest absolute Gasteiger partial charge is 0.491 e. The number of likely N-dealkylation sites (tertiary alicyclic amines) is 3. The van der Waals surface area contributed by atoms with Crippen LogP contribution in [-0.4, -0.2) is 134 Å². The number of pyridine rings is 2. The molecule has 3 spiro atoms. The SMILES string of the molecule is C.C#CC#CC#CC#CC#CC#CC#CC#CC#CC#CC#CC#CC#CC#CC#CC#CC#CC.C[C@H]1C[C@@]2(C=CS(=O)(=O)N2)CCN1C(=O)OC(C)(C)C.Cc1cccc(N2[C@]3(C=CS2(=O)=O)CCN(C(=O)OC(C)(C)C)[C@@H](C)C3)n1.Cc1cccc(N2[C@]3(C=CS2(=O)=O)CCN(Cc2cccc(OC(C)C)c2)[C@@H](C)C3)n1.PP. The minimum absolute atomic E-state index is 0. The van der Waals surface area contributed by atoms with Gasteiger partial charge in [0.25, 0.3) is 20.0 Å². The van der Waals surface area contributed by atoms with Crippen LogP contribution >= 0.6 is 17.9 Å². The normalized spacial score (nSPS) is 20.0. The highest BCUT2D eigenvalue weighted by atomic mass is 32.2. The van der Waals surface area contributed by atoms with Crippen LogP contribution in [0.1, 0.15) is 146 Å². The van der Waals surface area contributed by atoms with E-state index in [1.165, 1.54) is 30.4 Å². The van der Waals surface area contributed by atoms with Gasteiger partial charge in [0.15, 0.2) is 0 Å². The lowest BCUT2D eigenvalue weighted by molar-refractivity contribution is 0.00610. The second kappa shape index (κ2) is 46.3. The van der Waals surface area contributed by atoms with E-state index in [1.54, 1.807) is 47.1 Å². The molecule has 8 atom stereocenters. The van der Waals surface area contributed by atoms with E-state index in [9.17, 15) is 34.8 Å². The van der Waals surface area contributed by atoms with Gasteiger partial charge in [0.05, 0.1) is 22.7 Å². The Morgan fingerprint density at radius 3 is 1.22 bits per heavy atom. The summed E-state index contributed by atoms with van der Waals surface area (Å²) in [5.74, 6) is 83.7. The van der Waals surface area contributed by atoms with Crippen LogP contribution in [-0.2, 0) is 46.1 Å². The summed E-state index contributed by atoms with van der Waals surface area (Å²) in [4.78, 5) is 39.3. The Balaban J connectivity index is 0.000000327. The molecule has 19 nitrogen and oxygen atoms in total. The Morgan fingerprint density at radius 2 is 0.879 bits per heavy atom. The summed E-state index contributed by atoms with van der Waals surface area (Å²) in [5, 5.41) is 3.82. The molecule has 1 aromatic carbocycles. The molecule has 0 saturated carbocycles. The van der Waals surface area contributed by atoms with E-state index in [4.69, 9.17) is 20.6 Å². The lowest BCUT2D eigenvalue weighted by Crippen LogP contribution is -2.58. The van der Waals surface area contributed by atoms with Crippen molar-refractivity contribution in [1.29, 1.82) is 0 Å². The van der Waals surface area contributed by atoms with Crippen LogP contribution in [0, 0.1) is 216 Å². The molecule has 1 N–H and O–H groups in total. The number of rotatable bonds is 6. The fraction of sp³-hybridized carbons (Fsp3) is 0.370. The van der Waals surface area contributed by atoms with Gasteiger partial charge >= 0.3 is 12.2 Å². The fourth-order valence-corrected chi connectivity index (χ4v) is 16.8. The molecule has 24 heteroatoms. The third-order valence-electron chi connectivity index (χ3n) is 16.5. The predicted octanol–water partition coefficient (Wildman–Crippen LogP) is 11.0. The van der Waals surface area contributed by atoms with Crippen LogP contribution in [0.15, 0.2) is 95.1 Å². The summed E-state index contributed by atoms with van der Waals surface area (Å²) in [6.45, 7) is 28.9. The summed E-state index contributed by atoms with van der Waals surface area (Å²) in [6, 6.07) is 19.1. The van der Waals surface area contributed by atoms with Crippen LogP contribution in [0.3, 0.4) is 0 Å². The van der Waals surface area contributed by atoms with Crippen molar-refractivity contribution in [2.45, 2.75) is 201 Å². The number of benzene rings is 1. The smallest absolute Gasteiger partial charge is 0.410 e. The number of aromatic nitrogens is 2. The minimum Gasteiger partial charge on any atom is -0.491 e. The molecule has 2 amide bonds. The van der Waals surface area contributed by atoms with Crippen molar-refractivity contribution in [2.75, 3.05) is 28.2 Å². The Morgan fingerprint density at radius 1 is 0.517 bits per heavy atom. The number of carbonyl (C=O) groups is 2. The number of amides is 2. The zero-order valence-corrected chi connectivity index (χ0v) is 71.5. The molecule has 3 saturated heterocycles. The summed E-state index contributed by atoms with van der Waals surface area (Å²) in [6.07, 6.45) is 13.2. The topological polar surface area (TPSA) is 218 Å². The van der Waals surface area contributed by atoms with Crippen molar-refractivity contribution in [3.63, 3.8) is 0 Å². The molecular formula is C92H92N8O11P2S3. The van der Waals surface area contributed by atoms with Gasteiger partial charge in [0.1, 0.15) is 28.6 Å². The number of ether oxygens (including phenoxy) is 3. The maximum Gasteiger partial charge on any atom is 0.410 e. The van der Waals surface area contributed by atoms with Gasteiger partial charge in [-0.15, -0.1) is 24.3 Å². The van der Waals surface area contributed by atoms with Crippen LogP contribution in [0.5, 0.6) is 5.75 Å². The first-order valence-corrected chi connectivity index (χ1v) is 43.1. The number of carbonyl (C=O) groups excluding carboxylic acids is 2. The van der Waals surface area contributed by atoms with Gasteiger partial charge in [0.2, 0.25) is 10.0 Å². The number of nitrogens with one attached hydrogen (secondary N) is 1. The third-order valence-corrected chi connectivity index (χ3v) is 20.8. The van der Waals surface area contributed by atoms with Crippen molar-refractivity contribution in [3.05, 3.63) is 112 Å². The van der Waals surface area contributed by atoms with Crippen molar-refractivity contribution in [2.24, 2.45) is 0 Å². The highest BCUT2D eigenvalue weighted by Gasteiger charge is 2.52. The van der Waals surface area contributed by atoms with Crippen LogP contribution in [0.4, 0.5) is 21.2 Å². The van der Waals surface area contributed by atoms with Gasteiger partial charge in [-0.2, -0.15) is 0 Å². The lowest BCUT2D eigenvalue weighted by atomic mass is 9.83. The highest BCUT2D eigenvalue weighted by molar-refractivity contribution is 7.96. The molecular weight excluding hydrogens is 1550 g/mol. The zero-order valence-electron chi connectivity index (χ0n) is 66.7. The van der Waals surface area contributed by atoms with Crippen LogP contribution < -0.4 is 18.1 Å². The maximum absolute atomic E-state index is 12.9. The molecule has 594 valence electrons. The third kappa shape index (κ3) is 32.0. The first-order valence-electron chi connectivity index (χ1n) is 35.9. The minimum atomic E-state index is -3.60. The van der Waals surface area contributed by atoms with Crippen molar-refractivity contribution < 1.29 is 49.1 Å². The molecule has 2 aromatic heterocycles. The van der Waals surface area contributed by atoms with Gasteiger partial charge in [-0.3, -0.25) is 4.90 Å². The number of hydrogen-bond acceptors (Lipinski definition) is 14. The van der Waals surface area contributed by atoms with Gasteiger partial charge < -0.3 is 24.0 Å². The Labute approximate surface area is 694 Å². The predicted molar refractivity (Wildman–Crippen MR) is 468 cm³/mol. The monoisotopic (exact) mass is 1640 g/mol. The van der Waals surface area contributed by atoms with Crippen molar-refractivity contribution in [1.82, 2.24) is 29.4 Å². The van der Waals surface area contributed by atoms with E-state index in [-0.39, 0.29) is 43.8 Å². The van der Waals surface area contributed by atoms with Gasteiger partial charge in [0, 0.05) is 167 Å². The molecule has 0 radical (unpaired) electrons. The number of aryl methyl sites for hydroxylation is 2. The van der Waals surface area contributed by atoms with E-state index in [0.717, 1.165) is 43.1 Å². The van der Waals surface area contributed by atoms with E-state index in [2.05, 4.69) is 252 Å². The average molecular weight is 1640 g/mol. The standard InChI is InChI=1S/C35H4.C24H31N3O3S.C19H27N3O4S.C13H22N2O4S.CH4.H4P2/c1-3-5-7-9-11-13-15-17-19-21-23-25-27-29-31-33-35-34-32-30-28-26-24-22-20-18-16-14-12-10-8-6-4-2;1-18(2)30-22-9-6-8-21(15-22)17-26-13-11-24(16-20(26)4)12-14-31(28,29)27(24)23-10-5-7-19(3)25-23;1-14-7-6-8-16(20-14)22-19(10-12-27(22,24)25)9-11-21(15(2)13-19)17(23)26-18(3,4)5;1-10-9-13(6-8-20(17,18)14-13)5-7-15(10)11(16)19-12(2,3)4;;1-2/h1H,2H3;5-10,12,14-15,18,20H,11,13,16-17H2,1-4H3;6-8,10,12,15H,9,11,13H2,1-5H3;6,8,10,14H,5,7,9H2,1-4H3;1H4;1-2H2/t;20-,24-;15-,19-;10-,13-;;/m.000../s1. The summed E-state index contributed by atoms with van der Waals surface area (Å²) < 4.78 is 96.7. The second-order valence-corrected chi connectivity index (χ2v) is 33.0. The lowest BCUT2D eigenvalue weighted by Gasteiger charge is -2.47. The second-order valence-electron chi connectivity index (χ2n) is 28.1. The highest BCUT2D eigenvalue weighted by Crippen LogP contribution is 2.45. The first kappa shape index (κ1) is 96.2. The molecule has 3 aromatic rings. The molecule has 6 aliphatic rings. The molecule has 9 rings (SSSR count). The van der Waals surface area contributed by atoms with Gasteiger partial charge in [-0.05, 0) is 284 Å². The Hall–Kier alpha value is -12.2. The van der Waals surface area contributed by atoms with Crippen molar-refractivity contribution >= 4 is 71.7 Å². The number of terminal acetylenes is 1. The molecule has 6 aliphatic heterocycles. The Bertz CT molecular complexity index is 5800. The quantitative estimate of drug-likeness (QED) is 0.179. The van der Waals surface area contributed by atoms with E-state index >= 15 is 0 Å². The summed E-state index contributed by atoms with van der Waals surface area (Å²) in [5.41, 5.74) is -0.145. The zero-order chi connectivity index (χ0) is 84.8. The average Bonchev–Trinajstić information content (AvgIpc) is 1.57. The summed E-state index contributed by atoms with van der Waals surface area (Å²) in [7, 11) is -5.77. The van der Waals surface area contributed by atoms with E-state index in [1.807, 2.05) is 119 Å². The first-order chi connectivity index (χ1) is 54.6. The molecule has 2 unspecified atom stereocenters. The number of nitrogens with zero attached hydrogens (tertiary/aromatic N) is 7. The van der Waals surface area contributed by atoms with Crippen LogP contribution in [0.2, 0.25) is 0 Å². The van der Waals surface area contributed by atoms with Gasteiger partial charge in [-0.25, -0.2) is 58.1 Å². The van der Waals surface area contributed by atoms with Gasteiger partial charge in [-0.1, -0.05) is 43.7 Å². The van der Waals surface area contributed by atoms with E-state index in [0.29, 0.717) is 50.4 Å². The maximum atomic E-state index is 12.9. The Kier molecular flexibility index (Phi) is 38.4. The summed E-state index contributed by atoms with van der Waals surface area (Å²) >= 11 is 0. The molecule has 8 heterocycles. The molecule has 116 heavy (non-hydrogen) atoms. The van der Waals surface area contributed by atoms with Crippen LogP contribution in [0.25, 0.3) is 0 Å². The number of piperidine rings is 3. The number of anilines is 2. The molecule has 0 aliphatic carbocycles. The number of sulfonamides is 3. The van der Waals surface area contributed by atoms with Crippen molar-refractivity contribution in [3.8, 4) is 208 Å². The number of hydrogen-bond donors (Lipinski definition) is 1. The fourth-order valence-electron chi connectivity index (χ4n) is 12.2. The molecule has 0 bridgehead atoms. The molecule has 3 fully saturated rings. The van der Waals surface area contributed by atoms with E-state index < -0.39 is 57.9 Å².